The summed E-state index contributed by atoms with van der Waals surface area (Å²) in [7, 11) is -1.65. The molecule has 2 aliphatic heterocycles. The van der Waals surface area contributed by atoms with Gasteiger partial charge in [0.25, 0.3) is 0 Å². The van der Waals surface area contributed by atoms with E-state index in [4.69, 9.17) is 10.5 Å². The zero-order valence-electron chi connectivity index (χ0n) is 15.9. The second-order valence-electron chi connectivity index (χ2n) is 7.23. The number of hydrogen-bond acceptors (Lipinski definition) is 7. The first-order valence-corrected chi connectivity index (χ1v) is 11.1. The summed E-state index contributed by atoms with van der Waals surface area (Å²) in [4.78, 5) is 4.28. The second kappa shape index (κ2) is 8.64. The number of benzene rings is 1. The number of aliphatic hydroxyl groups excluding tert-OH is 1. The van der Waals surface area contributed by atoms with Crippen molar-refractivity contribution >= 4 is 21.4 Å². The van der Waals surface area contributed by atoms with Gasteiger partial charge in [-0.15, -0.1) is 0 Å². The van der Waals surface area contributed by atoms with Crippen LogP contribution in [0.1, 0.15) is 12.8 Å². The molecule has 9 heteroatoms. The van der Waals surface area contributed by atoms with Crippen LogP contribution in [-0.2, 0) is 10.0 Å². The van der Waals surface area contributed by atoms with E-state index in [1.54, 1.807) is 11.4 Å². The van der Waals surface area contributed by atoms with Gasteiger partial charge in [0.05, 0.1) is 24.7 Å². The molecular weight excluding hydrogens is 368 g/mol. The summed E-state index contributed by atoms with van der Waals surface area (Å²) in [5.74, 6) is 0.796. The van der Waals surface area contributed by atoms with E-state index in [0.717, 1.165) is 25.2 Å². The highest BCUT2D eigenvalue weighted by molar-refractivity contribution is 7.89. The molecule has 0 aliphatic carbocycles. The summed E-state index contributed by atoms with van der Waals surface area (Å²) in [6.45, 7) is 4.49. The van der Waals surface area contributed by atoms with Gasteiger partial charge < -0.3 is 25.4 Å². The van der Waals surface area contributed by atoms with Crippen molar-refractivity contribution in [3.63, 3.8) is 0 Å². The third-order valence-corrected chi connectivity index (χ3v) is 7.29. The average Bonchev–Trinajstić information content (AvgIpc) is 3.07. The van der Waals surface area contributed by atoms with Crippen LogP contribution in [0.25, 0.3) is 0 Å². The standard InChI is InChI=1S/C18H30N4O4S/c1-26-18-13-15(3-4-17(18)19)21-8-10-22(11-9-21)27(24,25)12-2-6-20-7-5-16(23)14-20/h3-4,13,16,23H,2,5-12,14,19H2,1H3. The van der Waals surface area contributed by atoms with Crippen molar-refractivity contribution in [3.05, 3.63) is 18.2 Å². The number of nitrogens with zero attached hydrogens (tertiary/aromatic N) is 3. The molecule has 27 heavy (non-hydrogen) atoms. The number of β-amino-alcohol motifs (C(OH)–C–C–N with tert-alkyl or cyclic N) is 1. The third-order valence-electron chi connectivity index (χ3n) is 5.34. The molecule has 0 saturated carbocycles. The Morgan fingerprint density at radius 3 is 2.59 bits per heavy atom. The molecule has 0 bridgehead atoms. The molecule has 8 nitrogen and oxygen atoms in total. The van der Waals surface area contributed by atoms with Crippen LogP contribution in [0.3, 0.4) is 0 Å². The highest BCUT2D eigenvalue weighted by atomic mass is 32.2. The minimum Gasteiger partial charge on any atom is -0.495 e. The smallest absolute Gasteiger partial charge is 0.214 e. The molecule has 152 valence electrons. The van der Waals surface area contributed by atoms with Gasteiger partial charge in [-0.3, -0.25) is 0 Å². The number of anilines is 2. The average molecular weight is 399 g/mol. The van der Waals surface area contributed by atoms with Gasteiger partial charge in [-0.2, -0.15) is 4.31 Å². The maximum absolute atomic E-state index is 12.6. The molecular formula is C18H30N4O4S. The van der Waals surface area contributed by atoms with Gasteiger partial charge in [-0.25, -0.2) is 8.42 Å². The van der Waals surface area contributed by atoms with E-state index in [0.29, 0.717) is 50.6 Å². The maximum Gasteiger partial charge on any atom is 0.214 e. The zero-order chi connectivity index (χ0) is 19.4. The molecule has 2 heterocycles. The number of sulfonamides is 1. The van der Waals surface area contributed by atoms with Gasteiger partial charge in [0.2, 0.25) is 10.0 Å². The molecule has 1 aromatic rings. The van der Waals surface area contributed by atoms with Crippen LogP contribution in [0.2, 0.25) is 0 Å². The summed E-state index contributed by atoms with van der Waals surface area (Å²) >= 11 is 0. The number of likely N-dealkylation sites (tertiary alicyclic amines) is 1. The topological polar surface area (TPSA) is 99.3 Å². The van der Waals surface area contributed by atoms with Gasteiger partial charge >= 0.3 is 0 Å². The van der Waals surface area contributed by atoms with Crippen LogP contribution >= 0.6 is 0 Å². The molecule has 2 fully saturated rings. The Labute approximate surface area is 161 Å². The van der Waals surface area contributed by atoms with Crippen molar-refractivity contribution in [1.29, 1.82) is 0 Å². The molecule has 0 amide bonds. The molecule has 3 rings (SSSR count). The van der Waals surface area contributed by atoms with Gasteiger partial charge in [-0.05, 0) is 31.5 Å². The Balaban J connectivity index is 1.49. The summed E-state index contributed by atoms with van der Waals surface area (Å²) in [5, 5.41) is 9.54. The van der Waals surface area contributed by atoms with Gasteiger partial charge in [0.15, 0.2) is 0 Å². The van der Waals surface area contributed by atoms with Crippen LogP contribution in [0.15, 0.2) is 18.2 Å². The first kappa shape index (κ1) is 20.2. The van der Waals surface area contributed by atoms with Crippen molar-refractivity contribution in [2.45, 2.75) is 18.9 Å². The Morgan fingerprint density at radius 1 is 1.22 bits per heavy atom. The van der Waals surface area contributed by atoms with E-state index in [1.165, 1.54) is 0 Å². The van der Waals surface area contributed by atoms with Crippen molar-refractivity contribution < 1.29 is 18.3 Å². The number of nitrogen functional groups attached to an aromatic ring is 1. The molecule has 1 unspecified atom stereocenters. The normalized spacial score (nSPS) is 22.3. The lowest BCUT2D eigenvalue weighted by Crippen LogP contribution is -2.49. The molecule has 2 aliphatic rings. The predicted octanol–water partition coefficient (Wildman–Crippen LogP) is 0.186. The van der Waals surface area contributed by atoms with Crippen LogP contribution < -0.4 is 15.4 Å². The second-order valence-corrected chi connectivity index (χ2v) is 9.31. The zero-order valence-corrected chi connectivity index (χ0v) is 16.7. The Kier molecular flexibility index (Phi) is 6.46. The number of piperazine rings is 1. The molecule has 1 atom stereocenters. The van der Waals surface area contributed by atoms with Crippen molar-refractivity contribution in [3.8, 4) is 5.75 Å². The lowest BCUT2D eigenvalue weighted by atomic mass is 10.2. The predicted molar refractivity (Wildman–Crippen MR) is 107 cm³/mol. The Hall–Kier alpha value is -1.55. The largest absolute Gasteiger partial charge is 0.495 e. The minimum atomic E-state index is -3.24. The van der Waals surface area contributed by atoms with Gasteiger partial charge in [0.1, 0.15) is 5.75 Å². The summed E-state index contributed by atoms with van der Waals surface area (Å²) in [6, 6.07) is 5.64. The number of nitrogens with two attached hydrogens (primary N) is 1. The summed E-state index contributed by atoms with van der Waals surface area (Å²) < 4.78 is 32.1. The van der Waals surface area contributed by atoms with Crippen LogP contribution in [0, 0.1) is 0 Å². The summed E-state index contributed by atoms with van der Waals surface area (Å²) in [6.07, 6.45) is 1.12. The lowest BCUT2D eigenvalue weighted by Gasteiger charge is -2.35. The number of rotatable bonds is 7. The molecule has 1 aromatic carbocycles. The monoisotopic (exact) mass is 398 g/mol. The molecule has 3 N–H and O–H groups in total. The van der Waals surface area contributed by atoms with Crippen molar-refractivity contribution in [1.82, 2.24) is 9.21 Å². The first-order chi connectivity index (χ1) is 12.9. The highest BCUT2D eigenvalue weighted by Crippen LogP contribution is 2.28. The lowest BCUT2D eigenvalue weighted by molar-refractivity contribution is 0.176. The van der Waals surface area contributed by atoms with Crippen LogP contribution in [0.4, 0.5) is 11.4 Å². The molecule has 0 spiro atoms. The SMILES string of the molecule is COc1cc(N2CCN(S(=O)(=O)CCCN3CCC(O)C3)CC2)ccc1N. The van der Waals surface area contributed by atoms with Crippen LogP contribution in [-0.4, -0.2) is 87.5 Å². The van der Waals surface area contributed by atoms with Gasteiger partial charge in [-0.1, -0.05) is 0 Å². The van der Waals surface area contributed by atoms with E-state index < -0.39 is 10.0 Å². The Morgan fingerprint density at radius 2 is 1.96 bits per heavy atom. The fourth-order valence-corrected chi connectivity index (χ4v) is 5.21. The fourth-order valence-electron chi connectivity index (χ4n) is 3.74. The fraction of sp³-hybridized carbons (Fsp3) is 0.667. The van der Waals surface area contributed by atoms with Crippen molar-refractivity contribution in [2.75, 3.05) is 69.3 Å². The molecule has 0 aromatic heterocycles. The minimum absolute atomic E-state index is 0.162. The maximum atomic E-state index is 12.6. The highest BCUT2D eigenvalue weighted by Gasteiger charge is 2.27. The number of hydrogen-bond donors (Lipinski definition) is 2. The van der Waals surface area contributed by atoms with E-state index >= 15 is 0 Å². The van der Waals surface area contributed by atoms with E-state index in [-0.39, 0.29) is 11.9 Å². The Bertz CT molecular complexity index is 735. The summed E-state index contributed by atoms with van der Waals surface area (Å²) in [5.41, 5.74) is 7.44. The van der Waals surface area contributed by atoms with Crippen molar-refractivity contribution in [2.24, 2.45) is 0 Å². The number of aliphatic hydroxyl groups is 1. The van der Waals surface area contributed by atoms with E-state index in [1.807, 2.05) is 18.2 Å². The quantitative estimate of drug-likeness (QED) is 0.633. The number of methoxy groups -OCH3 is 1. The van der Waals surface area contributed by atoms with Crippen LogP contribution in [0.5, 0.6) is 5.75 Å². The molecule has 0 radical (unpaired) electrons. The number of ether oxygens (including phenoxy) is 1. The third kappa shape index (κ3) is 5.04. The first-order valence-electron chi connectivity index (χ1n) is 9.46. The van der Waals surface area contributed by atoms with E-state index in [9.17, 15) is 13.5 Å². The van der Waals surface area contributed by atoms with Gasteiger partial charge in [0, 0.05) is 51.0 Å². The molecule has 2 saturated heterocycles. The van der Waals surface area contributed by atoms with E-state index in [2.05, 4.69) is 9.80 Å².